The lowest BCUT2D eigenvalue weighted by molar-refractivity contribution is -0.697. The van der Waals surface area contributed by atoms with Crippen LogP contribution in [0, 0.1) is 0 Å². The summed E-state index contributed by atoms with van der Waals surface area (Å²) in [6.45, 7) is 2.11. The van der Waals surface area contributed by atoms with Crippen LogP contribution in [-0.2, 0) is 10.4 Å². The quantitative estimate of drug-likeness (QED) is 0.374. The van der Waals surface area contributed by atoms with Crippen LogP contribution in [-0.4, -0.2) is 28.4 Å². The van der Waals surface area contributed by atoms with Crippen molar-refractivity contribution < 1.29 is 22.2 Å². The number of rotatable bonds is 3. The van der Waals surface area contributed by atoms with Gasteiger partial charge in [0.15, 0.2) is 0 Å². The van der Waals surface area contributed by atoms with Crippen molar-refractivity contribution in [1.82, 2.24) is 5.10 Å². The zero-order valence-electron chi connectivity index (χ0n) is 11.2. The molecular weight excluding hydrogens is 314 g/mol. The lowest BCUT2D eigenvalue weighted by Crippen LogP contribution is -2.37. The third-order valence-electron chi connectivity index (χ3n) is 2.11. The highest BCUT2D eigenvalue weighted by molar-refractivity contribution is 7.99. The highest BCUT2D eigenvalue weighted by Gasteiger charge is 2.15. The predicted molar refractivity (Wildman–Crippen MR) is 78.9 cm³/mol. The van der Waals surface area contributed by atoms with E-state index in [1.54, 1.807) is 18.0 Å². The van der Waals surface area contributed by atoms with Gasteiger partial charge in [-0.25, -0.2) is 8.42 Å². The molecule has 0 saturated carbocycles. The number of nitrogens with zero attached hydrogens (tertiary/aromatic N) is 2. The molecule has 0 unspecified atom stereocenters. The fourth-order valence-electron chi connectivity index (χ4n) is 1.44. The minimum Gasteiger partial charge on any atom is -0.726 e. The first kappa shape index (κ1) is 17.4. The maximum absolute atomic E-state index is 8.63. The average Bonchev–Trinajstić information content (AvgIpc) is 2.38. The van der Waals surface area contributed by atoms with Crippen LogP contribution in [0.3, 0.4) is 0 Å². The number of aromatic nitrogens is 2. The zero-order valence-corrected chi connectivity index (χ0v) is 12.8. The Kier molecular flexibility index (Phi) is 6.56. The Hall–Kier alpha value is -1.68. The van der Waals surface area contributed by atoms with Gasteiger partial charge in [-0.05, 0) is 4.68 Å². The molecule has 1 heterocycles. The van der Waals surface area contributed by atoms with Crippen LogP contribution in [0.4, 0.5) is 5.69 Å². The number of nitrogen functional groups attached to an aromatic ring is 1. The highest BCUT2D eigenvalue weighted by atomic mass is 32.3. The van der Waals surface area contributed by atoms with Crippen molar-refractivity contribution >= 4 is 27.8 Å². The van der Waals surface area contributed by atoms with Crippen molar-refractivity contribution in [2.45, 2.75) is 11.9 Å². The summed E-state index contributed by atoms with van der Waals surface area (Å²) in [4.78, 5) is 0. The summed E-state index contributed by atoms with van der Waals surface area (Å²) >= 11 is 1.73. The van der Waals surface area contributed by atoms with Crippen molar-refractivity contribution in [3.05, 3.63) is 42.6 Å². The Labute approximate surface area is 127 Å². The summed E-state index contributed by atoms with van der Waals surface area (Å²) in [5.41, 5.74) is 7.50. The maximum Gasteiger partial charge on any atom is 0.275 e. The number of hydrogen-bond donors (Lipinski definition) is 2. The molecule has 0 amide bonds. The Balaban J connectivity index is 0.000000383. The van der Waals surface area contributed by atoms with Gasteiger partial charge in [0.05, 0.1) is 5.69 Å². The van der Waals surface area contributed by atoms with Crippen LogP contribution in [0.2, 0.25) is 0 Å². The van der Waals surface area contributed by atoms with Crippen molar-refractivity contribution in [2.24, 2.45) is 0 Å². The third-order valence-corrected chi connectivity index (χ3v) is 2.99. The van der Waals surface area contributed by atoms with E-state index < -0.39 is 10.4 Å². The minimum atomic E-state index is -4.92. The van der Waals surface area contributed by atoms with Crippen LogP contribution in [0.25, 0.3) is 5.69 Å². The van der Waals surface area contributed by atoms with Crippen molar-refractivity contribution in [2.75, 3.05) is 11.5 Å². The first-order valence-corrected chi connectivity index (χ1v) is 8.20. The smallest absolute Gasteiger partial charge is 0.275 e. The van der Waals surface area contributed by atoms with Gasteiger partial charge in [0.2, 0.25) is 16.1 Å². The fourth-order valence-corrected chi connectivity index (χ4v) is 2.23. The lowest BCUT2D eigenvalue weighted by Gasteiger charge is -1.99. The molecule has 2 aromatic rings. The van der Waals surface area contributed by atoms with Crippen molar-refractivity contribution in [3.8, 4) is 5.69 Å². The second-order valence-corrected chi connectivity index (χ2v) is 5.88. The second kappa shape index (κ2) is 7.93. The molecule has 0 spiro atoms. The van der Waals surface area contributed by atoms with Gasteiger partial charge in [-0.2, -0.15) is 0 Å². The molecule has 0 atom stereocenters. The summed E-state index contributed by atoms with van der Waals surface area (Å²) in [5, 5.41) is 5.40. The highest BCUT2D eigenvalue weighted by Crippen LogP contribution is 2.16. The number of anilines is 1. The molecule has 9 heteroatoms. The number of benzene rings is 1. The van der Waals surface area contributed by atoms with Gasteiger partial charge in [-0.15, -0.1) is 0 Å². The first-order valence-electron chi connectivity index (χ1n) is 5.85. The Morgan fingerprint density at radius 1 is 1.38 bits per heavy atom. The van der Waals surface area contributed by atoms with E-state index in [0.29, 0.717) is 5.69 Å². The molecule has 1 aromatic carbocycles. The van der Waals surface area contributed by atoms with Crippen molar-refractivity contribution in [1.29, 1.82) is 0 Å². The fraction of sp³-hybridized carbons (Fsp3) is 0.167. The summed E-state index contributed by atoms with van der Waals surface area (Å²) in [5.74, 6) is 0.998. The van der Waals surface area contributed by atoms with Gasteiger partial charge in [0.1, 0.15) is 6.20 Å². The molecule has 0 bridgehead atoms. The molecule has 1 aromatic heterocycles. The molecule has 0 aliphatic carbocycles. The second-order valence-electron chi connectivity index (χ2n) is 3.74. The van der Waals surface area contributed by atoms with E-state index in [2.05, 4.69) is 12.0 Å². The van der Waals surface area contributed by atoms with E-state index in [0.717, 1.165) is 16.5 Å². The Morgan fingerprint density at radius 2 is 1.95 bits per heavy atom. The van der Waals surface area contributed by atoms with Gasteiger partial charge < -0.3 is 10.3 Å². The standard InChI is InChI=1S/C12H13N3S.H2O4S/c1-2-16-12-8-10(13)9-14-15(12)11-6-4-3-5-7-11;1-5(2,3)4/h3-9,13H,2H2,1H3;(H2,1,2,3,4). The summed E-state index contributed by atoms with van der Waals surface area (Å²) in [6, 6.07) is 12.0. The molecule has 114 valence electrons. The van der Waals surface area contributed by atoms with Crippen LogP contribution in [0.15, 0.2) is 47.6 Å². The number of hydrogen-bond acceptors (Lipinski definition) is 6. The van der Waals surface area contributed by atoms with Gasteiger partial charge >= 0.3 is 0 Å². The predicted octanol–water partition coefficient (Wildman–Crippen LogP) is 1.06. The summed E-state index contributed by atoms with van der Waals surface area (Å²) < 4.78 is 34.7. The third kappa shape index (κ3) is 7.04. The van der Waals surface area contributed by atoms with Gasteiger partial charge in [-0.3, -0.25) is 4.55 Å². The van der Waals surface area contributed by atoms with Gasteiger partial charge in [-0.1, -0.05) is 36.9 Å². The maximum atomic E-state index is 8.63. The topological polar surface area (TPSA) is 120 Å². The van der Waals surface area contributed by atoms with Crippen LogP contribution in [0.1, 0.15) is 6.92 Å². The molecule has 2 rings (SSSR count). The van der Waals surface area contributed by atoms with Gasteiger partial charge in [0.25, 0.3) is 5.03 Å². The Bertz CT molecular complexity index is 670. The van der Waals surface area contributed by atoms with E-state index in [1.165, 1.54) is 0 Å². The molecule has 0 aliphatic rings. The molecule has 0 saturated heterocycles. The zero-order chi connectivity index (χ0) is 15.9. The van der Waals surface area contributed by atoms with E-state index >= 15 is 0 Å². The average molecular weight is 329 g/mol. The normalized spacial score (nSPS) is 10.6. The number of thioether (sulfide) groups is 1. The van der Waals surface area contributed by atoms with Gasteiger partial charge in [0, 0.05) is 29.1 Å². The molecular formula is C12H15N3O4S2. The SMILES string of the molecule is CCSc1cc(N)cn[n+]1-c1ccccc1.O=S(=O)([O-])O. The summed E-state index contributed by atoms with van der Waals surface area (Å²) in [7, 11) is -4.92. The minimum absolute atomic E-state index is 0.697. The molecule has 21 heavy (non-hydrogen) atoms. The van der Waals surface area contributed by atoms with Crippen LogP contribution in [0.5, 0.6) is 0 Å². The van der Waals surface area contributed by atoms with E-state index in [1.807, 2.05) is 41.1 Å². The van der Waals surface area contributed by atoms with Crippen LogP contribution >= 0.6 is 11.8 Å². The van der Waals surface area contributed by atoms with E-state index in [9.17, 15) is 0 Å². The monoisotopic (exact) mass is 329 g/mol. The largest absolute Gasteiger partial charge is 0.726 e. The molecule has 0 fully saturated rings. The van der Waals surface area contributed by atoms with E-state index in [-0.39, 0.29) is 0 Å². The molecule has 7 nitrogen and oxygen atoms in total. The summed E-state index contributed by atoms with van der Waals surface area (Å²) in [6.07, 6.45) is 1.67. The number of nitrogens with two attached hydrogens (primary N) is 1. The molecule has 0 radical (unpaired) electrons. The van der Waals surface area contributed by atoms with Crippen molar-refractivity contribution in [3.63, 3.8) is 0 Å². The van der Waals surface area contributed by atoms with E-state index in [4.69, 9.17) is 23.3 Å². The lowest BCUT2D eigenvalue weighted by atomic mass is 10.3. The Morgan fingerprint density at radius 3 is 2.48 bits per heavy atom. The molecule has 0 aliphatic heterocycles. The molecule has 3 N–H and O–H groups in total. The number of para-hydroxylation sites is 1. The first-order chi connectivity index (χ1) is 9.81. The van der Waals surface area contributed by atoms with Crippen LogP contribution < -0.4 is 10.4 Å².